The van der Waals surface area contributed by atoms with E-state index in [4.69, 9.17) is 51.1 Å². The van der Waals surface area contributed by atoms with Crippen LogP contribution in [0.1, 0.15) is 6.92 Å². The standard InChI is InChI=1S/C2H6O.Cr.3NO3/c1-2-3;;3*2-1(3)4/h3H,2H2,1H3;;;;/q;+3;3*-1. The molecule has 0 aliphatic rings. The third-order valence-corrected chi connectivity index (χ3v) is 0. The van der Waals surface area contributed by atoms with Crippen molar-refractivity contribution in [3.8, 4) is 0 Å². The third kappa shape index (κ3) is 409. The Morgan fingerprint density at radius 2 is 0.812 bits per heavy atom. The Morgan fingerprint density at radius 1 is 0.812 bits per heavy atom. The van der Waals surface area contributed by atoms with Crippen molar-refractivity contribution in [1.82, 2.24) is 0 Å². The van der Waals surface area contributed by atoms with E-state index in [0.29, 0.717) is 0 Å². The SMILES string of the molecule is CCO.O=[N+]([O-])[O-].O=[N+]([O-])[O-].O=[N+]([O-])[O-].[Cr+3]. The van der Waals surface area contributed by atoms with Crippen LogP contribution < -0.4 is 0 Å². The fourth-order valence-electron chi connectivity index (χ4n) is 0. The fraction of sp³-hybridized carbons (Fsp3) is 1.00. The van der Waals surface area contributed by atoms with Gasteiger partial charge in [0.05, 0.1) is 15.3 Å². The average molecular weight is 284 g/mol. The maximum Gasteiger partial charge on any atom is 3.00 e. The molecule has 13 nitrogen and oxygen atoms in total. The molecule has 0 aliphatic heterocycles. The van der Waals surface area contributed by atoms with Crippen molar-refractivity contribution >= 4 is 0 Å². The van der Waals surface area contributed by atoms with Gasteiger partial charge in [0.1, 0.15) is 0 Å². The molecule has 0 saturated carbocycles. The molecule has 0 amide bonds. The Balaban J connectivity index is -0.0000000331. The first kappa shape index (κ1) is 29.2. The van der Waals surface area contributed by atoms with Gasteiger partial charge in [0, 0.05) is 6.61 Å². The van der Waals surface area contributed by atoms with E-state index in [2.05, 4.69) is 0 Å². The van der Waals surface area contributed by atoms with Crippen LogP contribution in [-0.4, -0.2) is 27.0 Å². The van der Waals surface area contributed by atoms with Crippen LogP contribution in [0.5, 0.6) is 0 Å². The summed E-state index contributed by atoms with van der Waals surface area (Å²) in [6.07, 6.45) is 0. The third-order valence-electron chi connectivity index (χ3n) is 0. The van der Waals surface area contributed by atoms with Crippen LogP contribution in [0.4, 0.5) is 0 Å². The molecule has 1 N–H and O–H groups in total. The molecule has 95 valence electrons. The Bertz CT molecular complexity index is 133. The van der Waals surface area contributed by atoms with E-state index in [9.17, 15) is 0 Å². The summed E-state index contributed by atoms with van der Waals surface area (Å²) in [7, 11) is 0. The van der Waals surface area contributed by atoms with Crippen LogP contribution in [-0.2, 0) is 17.4 Å². The smallest absolute Gasteiger partial charge is 0.397 e. The van der Waals surface area contributed by atoms with Gasteiger partial charge in [-0.05, 0) is 6.92 Å². The monoisotopic (exact) mass is 284 g/mol. The number of hydrogen-bond acceptors (Lipinski definition) is 10. The largest absolute Gasteiger partial charge is 3.00 e. The van der Waals surface area contributed by atoms with Crippen LogP contribution >= 0.6 is 0 Å². The molecular weight excluding hydrogens is 278 g/mol. The quantitative estimate of drug-likeness (QED) is 0.434. The second-order valence-corrected chi connectivity index (χ2v) is 0.987. The van der Waals surface area contributed by atoms with Gasteiger partial charge < -0.3 is 51.1 Å². The number of nitrogens with zero attached hydrogens (tertiary/aromatic N) is 3. The van der Waals surface area contributed by atoms with Crippen LogP contribution in [0.2, 0.25) is 0 Å². The van der Waals surface area contributed by atoms with E-state index in [1.54, 1.807) is 6.92 Å². The van der Waals surface area contributed by atoms with Gasteiger partial charge >= 0.3 is 17.4 Å². The first-order valence-corrected chi connectivity index (χ1v) is 2.67. The van der Waals surface area contributed by atoms with Gasteiger partial charge in [0.2, 0.25) is 0 Å². The Labute approximate surface area is 98.0 Å². The summed E-state index contributed by atoms with van der Waals surface area (Å²) in [5.74, 6) is 0. The molecule has 0 aliphatic carbocycles. The van der Waals surface area contributed by atoms with E-state index >= 15 is 0 Å². The van der Waals surface area contributed by atoms with Gasteiger partial charge in [-0.1, -0.05) is 0 Å². The molecule has 0 aromatic carbocycles. The minimum atomic E-state index is -1.75. The van der Waals surface area contributed by atoms with Crippen LogP contribution in [0.15, 0.2) is 0 Å². The topological polar surface area (TPSA) is 219 Å². The molecule has 16 heavy (non-hydrogen) atoms. The average Bonchev–Trinajstić information content (AvgIpc) is 1.81. The summed E-state index contributed by atoms with van der Waals surface area (Å²) in [6, 6.07) is 0. The summed E-state index contributed by atoms with van der Waals surface area (Å²) in [5.41, 5.74) is 0. The molecular formula is C2H6CrN3O10. The van der Waals surface area contributed by atoms with Crippen molar-refractivity contribution in [2.24, 2.45) is 0 Å². The van der Waals surface area contributed by atoms with E-state index in [1.807, 2.05) is 0 Å². The van der Waals surface area contributed by atoms with Gasteiger partial charge in [0.25, 0.3) is 0 Å². The molecule has 0 spiro atoms. The minimum absolute atomic E-state index is 0. The fourth-order valence-corrected chi connectivity index (χ4v) is 0. The zero-order valence-electron chi connectivity index (χ0n) is 7.58. The zero-order valence-corrected chi connectivity index (χ0v) is 8.85. The molecule has 1 radical (unpaired) electrons. The number of aliphatic hydroxyl groups excluding tert-OH is 1. The van der Waals surface area contributed by atoms with E-state index in [-0.39, 0.29) is 24.0 Å². The van der Waals surface area contributed by atoms with Crippen molar-refractivity contribution in [2.75, 3.05) is 6.61 Å². The van der Waals surface area contributed by atoms with E-state index in [0.717, 1.165) is 0 Å². The second kappa shape index (κ2) is 29.2. The molecule has 0 unspecified atom stereocenters. The molecule has 0 aromatic rings. The second-order valence-electron chi connectivity index (χ2n) is 0.987. The van der Waals surface area contributed by atoms with Crippen molar-refractivity contribution in [2.45, 2.75) is 6.92 Å². The van der Waals surface area contributed by atoms with E-state index in [1.165, 1.54) is 0 Å². The minimum Gasteiger partial charge on any atom is -0.397 e. The van der Waals surface area contributed by atoms with E-state index < -0.39 is 15.3 Å². The normalized spacial score (nSPS) is 5.62. The summed E-state index contributed by atoms with van der Waals surface area (Å²) in [6.45, 7) is 1.93. The van der Waals surface area contributed by atoms with Gasteiger partial charge in [-0.25, -0.2) is 0 Å². The van der Waals surface area contributed by atoms with Crippen LogP contribution in [0.3, 0.4) is 0 Å². The van der Waals surface area contributed by atoms with Gasteiger partial charge in [-0.15, -0.1) is 0 Å². The predicted octanol–water partition coefficient (Wildman–Crippen LogP) is -0.721. The van der Waals surface area contributed by atoms with Gasteiger partial charge in [-0.2, -0.15) is 0 Å². The summed E-state index contributed by atoms with van der Waals surface area (Å²) in [5, 5.41) is 51.8. The molecule has 0 rings (SSSR count). The summed E-state index contributed by atoms with van der Waals surface area (Å²) in [4.78, 5) is 24.8. The van der Waals surface area contributed by atoms with Crippen molar-refractivity contribution in [1.29, 1.82) is 0 Å². The summed E-state index contributed by atoms with van der Waals surface area (Å²) < 4.78 is 0. The Hall–Kier alpha value is -1.91. The Kier molecular flexibility index (Phi) is 53.4. The molecule has 0 saturated heterocycles. The summed E-state index contributed by atoms with van der Waals surface area (Å²) >= 11 is 0. The molecule has 0 atom stereocenters. The van der Waals surface area contributed by atoms with Crippen molar-refractivity contribution in [3.63, 3.8) is 0 Å². The van der Waals surface area contributed by atoms with Crippen molar-refractivity contribution in [3.05, 3.63) is 46.0 Å². The maximum absolute atomic E-state index is 8.25. The molecule has 0 fully saturated rings. The van der Waals surface area contributed by atoms with Crippen LogP contribution in [0, 0.1) is 46.0 Å². The Morgan fingerprint density at radius 3 is 0.812 bits per heavy atom. The number of aliphatic hydroxyl groups is 1. The predicted molar refractivity (Wildman–Crippen MR) is 43.8 cm³/mol. The molecule has 0 bridgehead atoms. The maximum atomic E-state index is 8.25. The first-order chi connectivity index (χ1) is 6.61. The number of rotatable bonds is 0. The van der Waals surface area contributed by atoms with Crippen molar-refractivity contribution < 1.29 is 37.7 Å². The van der Waals surface area contributed by atoms with Gasteiger partial charge in [-0.3, -0.25) is 0 Å². The van der Waals surface area contributed by atoms with Crippen LogP contribution in [0.25, 0.3) is 0 Å². The molecule has 0 heterocycles. The van der Waals surface area contributed by atoms with Gasteiger partial charge in [0.15, 0.2) is 0 Å². The molecule has 0 aromatic heterocycles. The number of hydrogen-bond donors (Lipinski definition) is 1. The first-order valence-electron chi connectivity index (χ1n) is 2.67. The molecule has 14 heteroatoms. The zero-order chi connectivity index (χ0) is 13.4.